The Hall–Kier alpha value is -1.93. The zero-order valence-corrected chi connectivity index (χ0v) is 12.0. The minimum absolute atomic E-state index is 0.00168. The van der Waals surface area contributed by atoms with Crippen LogP contribution in [0.1, 0.15) is 24.8 Å². The molecule has 0 atom stereocenters. The summed E-state index contributed by atoms with van der Waals surface area (Å²) in [5.41, 5.74) is 0.511. The first kappa shape index (κ1) is 15.5. The standard InChI is InChI=1S/C16H20FN3O/c17-15-5-2-1-4-14(15)12-19-16(21)13-6-10-20(11-7-13)9-3-8-18/h1-2,4-5,13H,3,6-7,9-12H2,(H,19,21). The zero-order chi connectivity index (χ0) is 15.1. The quantitative estimate of drug-likeness (QED) is 0.903. The molecule has 1 aliphatic rings. The largest absolute Gasteiger partial charge is 0.352 e. The third-order valence-electron chi connectivity index (χ3n) is 3.91. The number of nitrogens with zero attached hydrogens (tertiary/aromatic N) is 2. The summed E-state index contributed by atoms with van der Waals surface area (Å²) in [6.07, 6.45) is 2.13. The molecule has 1 aromatic rings. The first-order chi connectivity index (χ1) is 10.2. The Labute approximate surface area is 124 Å². The van der Waals surface area contributed by atoms with Crippen molar-refractivity contribution in [3.63, 3.8) is 0 Å². The Morgan fingerprint density at radius 1 is 1.38 bits per heavy atom. The Morgan fingerprint density at radius 2 is 2.10 bits per heavy atom. The number of hydrogen-bond donors (Lipinski definition) is 1. The molecule has 1 amide bonds. The van der Waals surface area contributed by atoms with Gasteiger partial charge in [-0.2, -0.15) is 5.26 Å². The molecule has 1 fully saturated rings. The lowest BCUT2D eigenvalue weighted by atomic mass is 9.95. The summed E-state index contributed by atoms with van der Waals surface area (Å²) in [5.74, 6) is -0.294. The Morgan fingerprint density at radius 3 is 2.76 bits per heavy atom. The topological polar surface area (TPSA) is 56.1 Å². The molecule has 0 radical (unpaired) electrons. The van der Waals surface area contributed by atoms with Crippen molar-refractivity contribution < 1.29 is 9.18 Å². The van der Waals surface area contributed by atoms with Gasteiger partial charge in [0.1, 0.15) is 5.82 Å². The first-order valence-electron chi connectivity index (χ1n) is 7.31. The van der Waals surface area contributed by atoms with Crippen LogP contribution in [0.2, 0.25) is 0 Å². The van der Waals surface area contributed by atoms with Gasteiger partial charge in [-0.3, -0.25) is 4.79 Å². The van der Waals surface area contributed by atoms with Crippen molar-refractivity contribution in [3.05, 3.63) is 35.6 Å². The molecule has 1 aliphatic heterocycles. The molecule has 21 heavy (non-hydrogen) atoms. The fourth-order valence-electron chi connectivity index (χ4n) is 2.60. The molecule has 0 saturated carbocycles. The van der Waals surface area contributed by atoms with Gasteiger partial charge in [0.05, 0.1) is 6.07 Å². The van der Waals surface area contributed by atoms with Gasteiger partial charge in [-0.1, -0.05) is 18.2 Å². The van der Waals surface area contributed by atoms with Gasteiger partial charge in [0.25, 0.3) is 0 Å². The van der Waals surface area contributed by atoms with Crippen LogP contribution < -0.4 is 5.32 Å². The van der Waals surface area contributed by atoms with E-state index in [1.807, 2.05) is 0 Å². The lowest BCUT2D eigenvalue weighted by Gasteiger charge is -2.30. The molecule has 4 nitrogen and oxygen atoms in total. The second-order valence-electron chi connectivity index (χ2n) is 5.33. The summed E-state index contributed by atoms with van der Waals surface area (Å²) in [5, 5.41) is 11.4. The summed E-state index contributed by atoms with van der Waals surface area (Å²) in [6, 6.07) is 8.61. The van der Waals surface area contributed by atoms with E-state index in [4.69, 9.17) is 5.26 Å². The number of rotatable bonds is 5. The van der Waals surface area contributed by atoms with Crippen LogP contribution in [-0.2, 0) is 11.3 Å². The van der Waals surface area contributed by atoms with Gasteiger partial charge in [0, 0.05) is 31.0 Å². The van der Waals surface area contributed by atoms with Crippen LogP contribution in [0.3, 0.4) is 0 Å². The van der Waals surface area contributed by atoms with E-state index in [2.05, 4.69) is 16.3 Å². The SMILES string of the molecule is N#CCCN1CCC(C(=O)NCc2ccccc2F)CC1. The highest BCUT2D eigenvalue weighted by molar-refractivity contribution is 5.78. The maximum atomic E-state index is 13.5. The molecule has 0 unspecified atom stereocenters. The second kappa shape index (κ2) is 7.75. The number of benzene rings is 1. The molecular weight excluding hydrogens is 269 g/mol. The number of likely N-dealkylation sites (tertiary alicyclic amines) is 1. The Kier molecular flexibility index (Phi) is 5.70. The predicted molar refractivity (Wildman–Crippen MR) is 77.6 cm³/mol. The van der Waals surface area contributed by atoms with Crippen molar-refractivity contribution in [2.45, 2.75) is 25.8 Å². The van der Waals surface area contributed by atoms with Gasteiger partial charge in [0.2, 0.25) is 5.91 Å². The normalized spacial score (nSPS) is 16.4. The van der Waals surface area contributed by atoms with Crippen molar-refractivity contribution in [2.24, 2.45) is 5.92 Å². The highest BCUT2D eigenvalue weighted by Gasteiger charge is 2.24. The highest BCUT2D eigenvalue weighted by atomic mass is 19.1. The van der Waals surface area contributed by atoms with Gasteiger partial charge in [0.15, 0.2) is 0 Å². The summed E-state index contributed by atoms with van der Waals surface area (Å²) in [6.45, 7) is 2.71. The summed E-state index contributed by atoms with van der Waals surface area (Å²) in [7, 11) is 0. The van der Waals surface area contributed by atoms with E-state index >= 15 is 0 Å². The van der Waals surface area contributed by atoms with Gasteiger partial charge < -0.3 is 10.2 Å². The fraction of sp³-hybridized carbons (Fsp3) is 0.500. The molecule has 1 saturated heterocycles. The molecule has 0 aliphatic carbocycles. The van der Waals surface area contributed by atoms with Crippen LogP contribution in [0.4, 0.5) is 4.39 Å². The maximum Gasteiger partial charge on any atom is 0.223 e. The molecule has 2 rings (SSSR count). The van der Waals surface area contributed by atoms with Gasteiger partial charge in [-0.25, -0.2) is 4.39 Å². The smallest absolute Gasteiger partial charge is 0.223 e. The van der Waals surface area contributed by atoms with Crippen LogP contribution >= 0.6 is 0 Å². The molecular formula is C16H20FN3O. The second-order valence-corrected chi connectivity index (χ2v) is 5.33. The zero-order valence-electron chi connectivity index (χ0n) is 12.0. The fourth-order valence-corrected chi connectivity index (χ4v) is 2.60. The van der Waals surface area contributed by atoms with E-state index < -0.39 is 0 Å². The van der Waals surface area contributed by atoms with Gasteiger partial charge in [-0.05, 0) is 32.0 Å². The Bertz CT molecular complexity index is 518. The lowest BCUT2D eigenvalue weighted by molar-refractivity contribution is -0.126. The van der Waals surface area contributed by atoms with Crippen molar-refractivity contribution in [1.29, 1.82) is 5.26 Å². The third kappa shape index (κ3) is 4.54. The van der Waals surface area contributed by atoms with Gasteiger partial charge >= 0.3 is 0 Å². The molecule has 1 aromatic carbocycles. The summed E-state index contributed by atoms with van der Waals surface area (Å²) in [4.78, 5) is 14.3. The molecule has 0 spiro atoms. The van der Waals surface area contributed by atoms with Crippen LogP contribution in [0.15, 0.2) is 24.3 Å². The van der Waals surface area contributed by atoms with Crippen LogP contribution in [0.5, 0.6) is 0 Å². The van der Waals surface area contributed by atoms with Crippen LogP contribution in [0, 0.1) is 23.1 Å². The predicted octanol–water partition coefficient (Wildman–Crippen LogP) is 2.07. The minimum atomic E-state index is -0.288. The van der Waals surface area contributed by atoms with E-state index in [0.717, 1.165) is 32.5 Å². The van der Waals surface area contributed by atoms with E-state index in [1.54, 1.807) is 18.2 Å². The lowest BCUT2D eigenvalue weighted by Crippen LogP contribution is -2.40. The maximum absolute atomic E-state index is 13.5. The number of halogens is 1. The number of piperidine rings is 1. The van der Waals surface area contributed by atoms with E-state index in [0.29, 0.717) is 12.0 Å². The average Bonchev–Trinajstić information content (AvgIpc) is 2.52. The number of nitrogens with one attached hydrogen (secondary N) is 1. The molecule has 112 valence electrons. The average molecular weight is 289 g/mol. The monoisotopic (exact) mass is 289 g/mol. The van der Waals surface area contributed by atoms with Crippen LogP contribution in [-0.4, -0.2) is 30.4 Å². The number of hydrogen-bond acceptors (Lipinski definition) is 3. The number of amides is 1. The number of carbonyl (C=O) groups excluding carboxylic acids is 1. The molecule has 0 bridgehead atoms. The van der Waals surface area contributed by atoms with Crippen LogP contribution in [0.25, 0.3) is 0 Å². The number of carbonyl (C=O) groups is 1. The van der Waals surface area contributed by atoms with E-state index in [9.17, 15) is 9.18 Å². The molecule has 5 heteroatoms. The third-order valence-corrected chi connectivity index (χ3v) is 3.91. The van der Waals surface area contributed by atoms with Crippen molar-refractivity contribution in [3.8, 4) is 6.07 Å². The van der Waals surface area contributed by atoms with Gasteiger partial charge in [-0.15, -0.1) is 0 Å². The first-order valence-corrected chi connectivity index (χ1v) is 7.31. The Balaban J connectivity index is 1.75. The number of nitriles is 1. The van der Waals surface area contributed by atoms with E-state index in [-0.39, 0.29) is 24.2 Å². The van der Waals surface area contributed by atoms with Crippen molar-refractivity contribution in [2.75, 3.05) is 19.6 Å². The minimum Gasteiger partial charge on any atom is -0.352 e. The van der Waals surface area contributed by atoms with Crippen molar-refractivity contribution in [1.82, 2.24) is 10.2 Å². The van der Waals surface area contributed by atoms with E-state index in [1.165, 1.54) is 6.07 Å². The molecule has 1 N–H and O–H groups in total. The highest BCUT2D eigenvalue weighted by Crippen LogP contribution is 2.17. The van der Waals surface area contributed by atoms with Crippen molar-refractivity contribution >= 4 is 5.91 Å². The summed E-state index contributed by atoms with van der Waals surface area (Å²) < 4.78 is 13.5. The molecule has 0 aromatic heterocycles. The molecule has 1 heterocycles. The summed E-state index contributed by atoms with van der Waals surface area (Å²) >= 11 is 0.